The average Bonchev–Trinajstić information content (AvgIpc) is 3.40. The molecule has 4 heteroatoms. The van der Waals surface area contributed by atoms with Gasteiger partial charge in [0.25, 0.3) is 0 Å². The average molecular weight is 439 g/mol. The van der Waals surface area contributed by atoms with Crippen LogP contribution in [-0.4, -0.2) is 10.2 Å². The first-order valence-corrected chi connectivity index (χ1v) is 11.9. The number of allylic oxidation sites excluding steroid dienone is 2. The van der Waals surface area contributed by atoms with Gasteiger partial charge in [-0.05, 0) is 86.5 Å². The maximum atomic E-state index is 13.1. The lowest BCUT2D eigenvalue weighted by Gasteiger charge is -2.55. The van der Waals surface area contributed by atoms with E-state index in [9.17, 15) is 10.2 Å². The number of hydrogen-bond donors (Lipinski definition) is 2. The van der Waals surface area contributed by atoms with E-state index in [0.717, 1.165) is 60.8 Å². The van der Waals surface area contributed by atoms with Crippen molar-refractivity contribution in [3.63, 3.8) is 0 Å². The molecule has 0 radical (unpaired) electrons. The van der Waals surface area contributed by atoms with E-state index in [4.69, 9.17) is 8.83 Å². The second-order valence-corrected chi connectivity index (χ2v) is 11.2. The number of rotatable bonds is 5. The minimum absolute atomic E-state index is 0.292. The summed E-state index contributed by atoms with van der Waals surface area (Å²) in [6.45, 7) is 12.9. The first-order valence-electron chi connectivity index (χ1n) is 11.9. The molecule has 2 unspecified atom stereocenters. The molecule has 0 spiro atoms. The van der Waals surface area contributed by atoms with Crippen LogP contribution in [0.3, 0.4) is 0 Å². The third-order valence-electron chi connectivity index (χ3n) is 8.04. The smallest absolute Gasteiger partial charge is 0.151 e. The standard InChI is InChI=1S/C28H38O4/c1-19-9-7-13-25(3,4)23(19)27(29,21-11-15-31-17-21)28(30,22-12-16-32-18-22)24-20(2)10-8-14-26(24,5)6/h11-12,15-18,29-30H,7-10,13-14H2,1-6H3. The van der Waals surface area contributed by atoms with E-state index in [0.29, 0.717) is 11.1 Å². The Labute approximate surface area is 192 Å². The number of furan rings is 2. The van der Waals surface area contributed by atoms with Gasteiger partial charge in [-0.25, -0.2) is 0 Å². The quantitative estimate of drug-likeness (QED) is 0.493. The van der Waals surface area contributed by atoms with Crippen molar-refractivity contribution in [2.75, 3.05) is 0 Å². The zero-order chi connectivity index (χ0) is 23.4. The lowest BCUT2D eigenvalue weighted by atomic mass is 9.53. The lowest BCUT2D eigenvalue weighted by Crippen LogP contribution is -2.57. The van der Waals surface area contributed by atoms with Crippen LogP contribution in [0.1, 0.15) is 91.2 Å². The van der Waals surface area contributed by atoms with Crippen LogP contribution in [0.2, 0.25) is 0 Å². The van der Waals surface area contributed by atoms with Crippen molar-refractivity contribution in [1.82, 2.24) is 0 Å². The predicted molar refractivity (Wildman–Crippen MR) is 126 cm³/mol. The van der Waals surface area contributed by atoms with Crippen LogP contribution in [0.15, 0.2) is 68.3 Å². The molecule has 2 aliphatic rings. The molecule has 0 saturated heterocycles. The van der Waals surface area contributed by atoms with Crippen LogP contribution in [0, 0.1) is 10.8 Å². The summed E-state index contributed by atoms with van der Waals surface area (Å²) in [4.78, 5) is 0. The van der Waals surface area contributed by atoms with E-state index in [1.165, 1.54) is 0 Å². The van der Waals surface area contributed by atoms with Gasteiger partial charge in [0, 0.05) is 11.1 Å². The molecule has 2 heterocycles. The highest BCUT2D eigenvalue weighted by atomic mass is 16.4. The van der Waals surface area contributed by atoms with Gasteiger partial charge >= 0.3 is 0 Å². The van der Waals surface area contributed by atoms with Gasteiger partial charge in [-0.1, -0.05) is 38.8 Å². The molecule has 0 amide bonds. The van der Waals surface area contributed by atoms with Gasteiger partial charge in [-0.3, -0.25) is 0 Å². The van der Waals surface area contributed by atoms with E-state index in [-0.39, 0.29) is 10.8 Å². The first kappa shape index (κ1) is 23.1. The van der Waals surface area contributed by atoms with E-state index in [2.05, 4.69) is 41.5 Å². The molecule has 0 saturated carbocycles. The van der Waals surface area contributed by atoms with Gasteiger partial charge in [-0.2, -0.15) is 0 Å². The Balaban J connectivity index is 2.15. The van der Waals surface area contributed by atoms with E-state index in [1.54, 1.807) is 37.2 Å². The molecule has 32 heavy (non-hydrogen) atoms. The molecule has 2 aromatic rings. The van der Waals surface area contributed by atoms with Crippen LogP contribution < -0.4 is 0 Å². The Morgan fingerprint density at radius 3 is 1.38 bits per heavy atom. The van der Waals surface area contributed by atoms with Crippen molar-refractivity contribution in [3.8, 4) is 0 Å². The molecule has 0 bridgehead atoms. The van der Waals surface area contributed by atoms with Crippen molar-refractivity contribution in [3.05, 3.63) is 70.6 Å². The van der Waals surface area contributed by atoms with Crippen LogP contribution >= 0.6 is 0 Å². The molecule has 2 aromatic heterocycles. The normalized spacial score (nSPS) is 24.9. The van der Waals surface area contributed by atoms with Crippen LogP contribution in [0.25, 0.3) is 0 Å². The summed E-state index contributed by atoms with van der Waals surface area (Å²) in [6, 6.07) is 3.59. The Morgan fingerprint density at radius 2 is 1.09 bits per heavy atom. The molecule has 2 N–H and O–H groups in total. The van der Waals surface area contributed by atoms with Crippen molar-refractivity contribution < 1.29 is 19.0 Å². The fourth-order valence-electron chi connectivity index (χ4n) is 6.85. The largest absolute Gasteiger partial charge is 0.472 e. The van der Waals surface area contributed by atoms with E-state index >= 15 is 0 Å². The van der Waals surface area contributed by atoms with Gasteiger partial charge < -0.3 is 19.0 Å². The Kier molecular flexibility index (Phi) is 5.62. The minimum Gasteiger partial charge on any atom is -0.472 e. The Morgan fingerprint density at radius 1 is 0.719 bits per heavy atom. The fourth-order valence-corrected chi connectivity index (χ4v) is 6.85. The second kappa shape index (κ2) is 7.78. The number of hydrogen-bond acceptors (Lipinski definition) is 4. The summed E-state index contributed by atoms with van der Waals surface area (Å²) in [5, 5.41) is 26.1. The SMILES string of the molecule is CC1=C(C(O)(c2ccoc2)C(O)(C2=C(C)CCCC2(C)C)c2ccoc2)C(C)(C)CCC1. The lowest BCUT2D eigenvalue weighted by molar-refractivity contribution is -0.139. The zero-order valence-corrected chi connectivity index (χ0v) is 20.4. The Hall–Kier alpha value is -2.04. The summed E-state index contributed by atoms with van der Waals surface area (Å²) >= 11 is 0. The summed E-state index contributed by atoms with van der Waals surface area (Å²) in [5.41, 5.74) is 1.22. The van der Waals surface area contributed by atoms with Gasteiger partial charge in [0.2, 0.25) is 0 Å². The van der Waals surface area contributed by atoms with Gasteiger partial charge in [0.05, 0.1) is 25.1 Å². The van der Waals surface area contributed by atoms with Gasteiger partial charge in [-0.15, -0.1) is 0 Å². The predicted octanol–water partition coefficient (Wildman–Crippen LogP) is 7.00. The molecule has 174 valence electrons. The van der Waals surface area contributed by atoms with E-state index < -0.39 is 11.2 Å². The maximum Gasteiger partial charge on any atom is 0.151 e. The molecule has 4 nitrogen and oxygen atoms in total. The van der Waals surface area contributed by atoms with Crippen molar-refractivity contribution >= 4 is 0 Å². The highest BCUT2D eigenvalue weighted by Crippen LogP contribution is 2.62. The fraction of sp³-hybridized carbons (Fsp3) is 0.571. The van der Waals surface area contributed by atoms with Gasteiger partial charge in [0.15, 0.2) is 11.2 Å². The van der Waals surface area contributed by atoms with Crippen molar-refractivity contribution in [2.45, 2.75) is 91.3 Å². The topological polar surface area (TPSA) is 66.7 Å². The minimum atomic E-state index is -1.71. The second-order valence-electron chi connectivity index (χ2n) is 11.2. The van der Waals surface area contributed by atoms with Crippen LogP contribution in [-0.2, 0) is 11.2 Å². The summed E-state index contributed by atoms with van der Waals surface area (Å²) in [5.74, 6) is 0. The third kappa shape index (κ3) is 3.26. The molecule has 0 aromatic carbocycles. The van der Waals surface area contributed by atoms with Crippen molar-refractivity contribution in [1.29, 1.82) is 0 Å². The zero-order valence-electron chi connectivity index (χ0n) is 20.4. The van der Waals surface area contributed by atoms with Crippen LogP contribution in [0.5, 0.6) is 0 Å². The molecule has 0 fully saturated rings. The maximum absolute atomic E-state index is 13.1. The number of aliphatic hydroxyl groups is 2. The van der Waals surface area contributed by atoms with Crippen molar-refractivity contribution in [2.24, 2.45) is 10.8 Å². The molecule has 2 aliphatic carbocycles. The summed E-state index contributed by atoms with van der Waals surface area (Å²) < 4.78 is 11.0. The highest BCUT2D eigenvalue weighted by molar-refractivity contribution is 5.52. The molecular weight excluding hydrogens is 400 g/mol. The summed E-state index contributed by atoms with van der Waals surface area (Å²) in [7, 11) is 0. The monoisotopic (exact) mass is 438 g/mol. The molecule has 2 atom stereocenters. The molecule has 0 aliphatic heterocycles. The first-order chi connectivity index (χ1) is 15.0. The molecular formula is C28H38O4. The van der Waals surface area contributed by atoms with E-state index in [1.807, 2.05) is 0 Å². The molecule has 4 rings (SSSR count). The highest BCUT2D eigenvalue weighted by Gasteiger charge is 2.62. The van der Waals surface area contributed by atoms with Crippen LogP contribution in [0.4, 0.5) is 0 Å². The Bertz CT molecular complexity index is 935. The summed E-state index contributed by atoms with van der Waals surface area (Å²) in [6.07, 6.45) is 12.2. The van der Waals surface area contributed by atoms with Gasteiger partial charge in [0.1, 0.15) is 0 Å². The third-order valence-corrected chi connectivity index (χ3v) is 8.04.